The largest absolute Gasteiger partial charge is 0.466 e. The summed E-state index contributed by atoms with van der Waals surface area (Å²) in [4.78, 5) is 12.2. The average molecular weight is 249 g/mol. The third-order valence-electron chi connectivity index (χ3n) is 4.31. The number of carbonyl (C=O) groups excluding carboxylic acids is 1. The fraction of sp³-hybridized carbons (Fsp3) is 0.667. The van der Waals surface area contributed by atoms with Gasteiger partial charge in [-0.25, -0.2) is 0 Å². The van der Waals surface area contributed by atoms with Crippen molar-refractivity contribution in [2.24, 2.45) is 11.8 Å². The van der Waals surface area contributed by atoms with Crippen molar-refractivity contribution >= 4 is 5.91 Å². The summed E-state index contributed by atoms with van der Waals surface area (Å²) >= 11 is 0. The summed E-state index contributed by atoms with van der Waals surface area (Å²) in [6.07, 6.45) is 3.57. The molecule has 0 saturated heterocycles. The topological polar surface area (TPSA) is 42.2 Å². The molecule has 1 heterocycles. The van der Waals surface area contributed by atoms with Gasteiger partial charge in [0.1, 0.15) is 11.5 Å². The van der Waals surface area contributed by atoms with Crippen molar-refractivity contribution in [3.05, 3.63) is 23.2 Å². The molecule has 1 aromatic rings. The molecular formula is C15H23NO2. The second-order valence-electron chi connectivity index (χ2n) is 5.67. The molecule has 0 bridgehead atoms. The fourth-order valence-electron chi connectivity index (χ4n) is 2.89. The number of furan rings is 1. The Bertz CT molecular complexity index is 436. The Balaban J connectivity index is 2.05. The zero-order valence-electron chi connectivity index (χ0n) is 11.7. The molecule has 0 aromatic carbocycles. The zero-order valence-corrected chi connectivity index (χ0v) is 11.7. The van der Waals surface area contributed by atoms with Gasteiger partial charge in [0, 0.05) is 6.04 Å². The van der Waals surface area contributed by atoms with E-state index >= 15 is 0 Å². The molecule has 1 fully saturated rings. The monoisotopic (exact) mass is 249 g/mol. The van der Waals surface area contributed by atoms with Gasteiger partial charge in [-0.15, -0.1) is 0 Å². The van der Waals surface area contributed by atoms with Crippen LogP contribution in [0, 0.1) is 25.7 Å². The Morgan fingerprint density at radius 2 is 2.06 bits per heavy atom. The van der Waals surface area contributed by atoms with Crippen LogP contribution in [0.15, 0.2) is 10.5 Å². The molecule has 1 amide bonds. The van der Waals surface area contributed by atoms with E-state index in [1.54, 1.807) is 0 Å². The van der Waals surface area contributed by atoms with E-state index in [2.05, 4.69) is 19.2 Å². The molecule has 1 aliphatic carbocycles. The van der Waals surface area contributed by atoms with Crippen LogP contribution in [0.2, 0.25) is 0 Å². The summed E-state index contributed by atoms with van der Waals surface area (Å²) in [5, 5.41) is 3.17. The summed E-state index contributed by atoms with van der Waals surface area (Å²) in [5.41, 5.74) is 0.679. The van der Waals surface area contributed by atoms with Gasteiger partial charge in [-0.05, 0) is 38.2 Å². The van der Waals surface area contributed by atoms with Gasteiger partial charge in [-0.2, -0.15) is 0 Å². The summed E-state index contributed by atoms with van der Waals surface area (Å²) in [6.45, 7) is 8.22. The van der Waals surface area contributed by atoms with Gasteiger partial charge in [-0.1, -0.05) is 26.7 Å². The lowest BCUT2D eigenvalue weighted by molar-refractivity contribution is 0.0889. The van der Waals surface area contributed by atoms with Crippen LogP contribution >= 0.6 is 0 Å². The number of carbonyl (C=O) groups is 1. The molecule has 1 aromatic heterocycles. The molecule has 0 radical (unpaired) electrons. The van der Waals surface area contributed by atoms with Crippen LogP contribution in [0.25, 0.3) is 0 Å². The molecule has 18 heavy (non-hydrogen) atoms. The van der Waals surface area contributed by atoms with Crippen LogP contribution in [-0.4, -0.2) is 11.9 Å². The molecular weight excluding hydrogens is 226 g/mol. The van der Waals surface area contributed by atoms with Gasteiger partial charge in [0.05, 0.1) is 5.56 Å². The Morgan fingerprint density at radius 1 is 1.33 bits per heavy atom. The second-order valence-corrected chi connectivity index (χ2v) is 5.67. The maximum absolute atomic E-state index is 12.2. The van der Waals surface area contributed by atoms with Crippen LogP contribution in [-0.2, 0) is 0 Å². The second kappa shape index (κ2) is 5.17. The van der Waals surface area contributed by atoms with E-state index in [4.69, 9.17) is 4.42 Å². The lowest BCUT2D eigenvalue weighted by Crippen LogP contribution is -2.43. The Morgan fingerprint density at radius 3 is 2.67 bits per heavy atom. The van der Waals surface area contributed by atoms with E-state index in [1.807, 2.05) is 19.9 Å². The first-order valence-electron chi connectivity index (χ1n) is 6.87. The molecule has 1 aliphatic rings. The fourth-order valence-corrected chi connectivity index (χ4v) is 2.89. The van der Waals surface area contributed by atoms with Crippen LogP contribution in [0.3, 0.4) is 0 Å². The van der Waals surface area contributed by atoms with Gasteiger partial charge in [0.15, 0.2) is 0 Å². The standard InChI is InChI=1S/C15H23NO2/c1-9-6-5-7-14(11(9)3)16-15(17)13-8-10(2)18-12(13)4/h8-9,11,14H,5-7H2,1-4H3,(H,16,17). The first kappa shape index (κ1) is 13.2. The SMILES string of the molecule is Cc1cc(C(=O)NC2CCCC(C)C2C)c(C)o1. The maximum atomic E-state index is 12.2. The quantitative estimate of drug-likeness (QED) is 0.872. The Labute approximate surface area is 109 Å². The first-order chi connectivity index (χ1) is 8.49. The van der Waals surface area contributed by atoms with Crippen molar-refractivity contribution in [1.82, 2.24) is 5.32 Å². The highest BCUT2D eigenvalue weighted by molar-refractivity contribution is 5.95. The summed E-state index contributed by atoms with van der Waals surface area (Å²) < 4.78 is 5.41. The van der Waals surface area contributed by atoms with Gasteiger partial charge in [0.2, 0.25) is 0 Å². The highest BCUT2D eigenvalue weighted by Gasteiger charge is 2.29. The van der Waals surface area contributed by atoms with Crippen LogP contribution in [0.4, 0.5) is 0 Å². The van der Waals surface area contributed by atoms with Crippen molar-refractivity contribution in [1.29, 1.82) is 0 Å². The summed E-state index contributed by atoms with van der Waals surface area (Å²) in [6, 6.07) is 2.12. The van der Waals surface area contributed by atoms with Gasteiger partial charge in [0.25, 0.3) is 5.91 Å². The molecule has 3 nitrogen and oxygen atoms in total. The molecule has 1 N–H and O–H groups in total. The minimum atomic E-state index is 0.00954. The van der Waals surface area contributed by atoms with E-state index < -0.39 is 0 Å². The van der Waals surface area contributed by atoms with Crippen LogP contribution in [0.1, 0.15) is 55.0 Å². The molecule has 3 unspecified atom stereocenters. The Kier molecular flexibility index (Phi) is 3.79. The highest BCUT2D eigenvalue weighted by atomic mass is 16.3. The highest BCUT2D eigenvalue weighted by Crippen LogP contribution is 2.29. The number of nitrogens with one attached hydrogen (secondary N) is 1. The number of rotatable bonds is 2. The number of aryl methyl sites for hydroxylation is 2. The average Bonchev–Trinajstić information content (AvgIpc) is 2.64. The first-order valence-corrected chi connectivity index (χ1v) is 6.87. The minimum absolute atomic E-state index is 0.00954. The van der Waals surface area contributed by atoms with Crippen LogP contribution in [0.5, 0.6) is 0 Å². The molecule has 2 rings (SSSR count). The molecule has 3 heteroatoms. The van der Waals surface area contributed by atoms with Crippen molar-refractivity contribution in [2.45, 2.75) is 53.0 Å². The van der Waals surface area contributed by atoms with E-state index in [0.717, 1.165) is 12.2 Å². The minimum Gasteiger partial charge on any atom is -0.466 e. The van der Waals surface area contributed by atoms with Crippen molar-refractivity contribution in [2.75, 3.05) is 0 Å². The van der Waals surface area contributed by atoms with Crippen LogP contribution < -0.4 is 5.32 Å². The Hall–Kier alpha value is -1.25. The smallest absolute Gasteiger partial charge is 0.255 e. The predicted molar refractivity (Wildman–Crippen MR) is 71.6 cm³/mol. The van der Waals surface area contributed by atoms with Gasteiger partial charge in [-0.3, -0.25) is 4.79 Å². The maximum Gasteiger partial charge on any atom is 0.255 e. The lowest BCUT2D eigenvalue weighted by atomic mass is 9.78. The van der Waals surface area contributed by atoms with Crippen molar-refractivity contribution < 1.29 is 9.21 Å². The van der Waals surface area contributed by atoms with Gasteiger partial charge < -0.3 is 9.73 Å². The lowest BCUT2D eigenvalue weighted by Gasteiger charge is -2.34. The molecule has 100 valence electrons. The zero-order chi connectivity index (χ0) is 13.3. The third-order valence-corrected chi connectivity index (χ3v) is 4.31. The van der Waals surface area contributed by atoms with E-state index in [0.29, 0.717) is 29.2 Å². The van der Waals surface area contributed by atoms with Crippen molar-refractivity contribution in [3.8, 4) is 0 Å². The number of hydrogen-bond donors (Lipinski definition) is 1. The predicted octanol–water partition coefficient (Wildman–Crippen LogP) is 3.45. The molecule has 3 atom stereocenters. The summed E-state index contributed by atoms with van der Waals surface area (Å²) in [5.74, 6) is 2.76. The van der Waals surface area contributed by atoms with E-state index in [9.17, 15) is 4.79 Å². The molecule has 1 saturated carbocycles. The summed E-state index contributed by atoms with van der Waals surface area (Å²) in [7, 11) is 0. The van der Waals surface area contributed by atoms with E-state index in [1.165, 1.54) is 12.8 Å². The van der Waals surface area contributed by atoms with Gasteiger partial charge >= 0.3 is 0 Å². The van der Waals surface area contributed by atoms with Crippen molar-refractivity contribution in [3.63, 3.8) is 0 Å². The van der Waals surface area contributed by atoms with E-state index in [-0.39, 0.29) is 5.91 Å². The number of amides is 1. The normalized spacial score (nSPS) is 28.1. The third kappa shape index (κ3) is 2.60. The number of hydrogen-bond acceptors (Lipinski definition) is 2. The molecule has 0 aliphatic heterocycles. The molecule has 0 spiro atoms.